The molecule has 18 heavy (non-hydrogen) atoms. The molecule has 1 fully saturated rings. The van der Waals surface area contributed by atoms with Gasteiger partial charge in [-0.05, 0) is 38.3 Å². The third kappa shape index (κ3) is 3.30. The van der Waals surface area contributed by atoms with Crippen molar-refractivity contribution in [1.29, 1.82) is 0 Å². The average Bonchev–Trinajstić information content (AvgIpc) is 2.38. The van der Waals surface area contributed by atoms with E-state index in [-0.39, 0.29) is 11.9 Å². The first-order valence-electron chi connectivity index (χ1n) is 6.73. The topological polar surface area (TPSA) is 21.3 Å². The molecule has 1 N–H and O–H groups in total. The summed E-state index contributed by atoms with van der Waals surface area (Å²) in [6.07, 6.45) is 3.63. The molecule has 0 amide bonds. The Morgan fingerprint density at radius 2 is 2.11 bits per heavy atom. The molecule has 3 unspecified atom stereocenters. The number of benzene rings is 1. The van der Waals surface area contributed by atoms with Crippen molar-refractivity contribution in [3.8, 4) is 0 Å². The molecular formula is C15H22FNO. The molecule has 100 valence electrons. The lowest BCUT2D eigenvalue weighted by Gasteiger charge is -2.34. The molecule has 0 saturated heterocycles. The molecule has 3 heteroatoms. The van der Waals surface area contributed by atoms with Crippen molar-refractivity contribution in [2.75, 3.05) is 7.05 Å². The van der Waals surface area contributed by atoms with Gasteiger partial charge in [0.25, 0.3) is 0 Å². The highest BCUT2D eigenvalue weighted by Gasteiger charge is 2.28. The minimum atomic E-state index is -0.178. The van der Waals surface area contributed by atoms with Gasteiger partial charge in [-0.15, -0.1) is 0 Å². The fourth-order valence-corrected chi connectivity index (χ4v) is 2.66. The summed E-state index contributed by atoms with van der Waals surface area (Å²) in [6, 6.07) is 7.22. The zero-order chi connectivity index (χ0) is 13.0. The maximum absolute atomic E-state index is 13.5. The Bertz CT molecular complexity index is 383. The Balaban J connectivity index is 1.93. The molecule has 1 aromatic carbocycles. The van der Waals surface area contributed by atoms with E-state index in [1.807, 2.05) is 13.1 Å². The highest BCUT2D eigenvalue weighted by molar-refractivity contribution is 5.16. The Morgan fingerprint density at radius 3 is 2.83 bits per heavy atom. The van der Waals surface area contributed by atoms with E-state index in [4.69, 9.17) is 4.74 Å². The summed E-state index contributed by atoms with van der Waals surface area (Å²) in [6.45, 7) is 2.62. The van der Waals surface area contributed by atoms with Gasteiger partial charge in [0.05, 0.1) is 12.7 Å². The largest absolute Gasteiger partial charge is 0.372 e. The van der Waals surface area contributed by atoms with Crippen molar-refractivity contribution in [2.24, 2.45) is 5.92 Å². The number of halogens is 1. The molecule has 2 nitrogen and oxygen atoms in total. The molecule has 1 saturated carbocycles. The van der Waals surface area contributed by atoms with Crippen LogP contribution >= 0.6 is 0 Å². The van der Waals surface area contributed by atoms with Crippen molar-refractivity contribution in [3.05, 3.63) is 35.6 Å². The number of hydrogen-bond acceptors (Lipinski definition) is 2. The summed E-state index contributed by atoms with van der Waals surface area (Å²) >= 11 is 0. The van der Waals surface area contributed by atoms with Crippen LogP contribution < -0.4 is 5.32 Å². The van der Waals surface area contributed by atoms with Gasteiger partial charge in [0.2, 0.25) is 0 Å². The smallest absolute Gasteiger partial charge is 0.128 e. The van der Waals surface area contributed by atoms with Crippen molar-refractivity contribution >= 4 is 0 Å². The lowest BCUT2D eigenvalue weighted by Crippen LogP contribution is -2.43. The third-order valence-corrected chi connectivity index (χ3v) is 3.84. The summed E-state index contributed by atoms with van der Waals surface area (Å²) in [5.74, 6) is 0.516. The van der Waals surface area contributed by atoms with Crippen molar-refractivity contribution in [3.63, 3.8) is 0 Å². The molecule has 0 radical (unpaired) electrons. The maximum Gasteiger partial charge on any atom is 0.128 e. The first-order chi connectivity index (χ1) is 8.70. The molecule has 1 aliphatic carbocycles. The molecule has 0 spiro atoms. The van der Waals surface area contributed by atoms with Gasteiger partial charge in [0, 0.05) is 11.6 Å². The summed E-state index contributed by atoms with van der Waals surface area (Å²) in [5.41, 5.74) is 0.644. The van der Waals surface area contributed by atoms with Crippen molar-refractivity contribution in [2.45, 2.75) is 44.9 Å². The average molecular weight is 251 g/mol. The van der Waals surface area contributed by atoms with E-state index in [0.717, 1.165) is 12.8 Å². The highest BCUT2D eigenvalue weighted by atomic mass is 19.1. The molecule has 1 aliphatic rings. The van der Waals surface area contributed by atoms with Crippen LogP contribution in [0.5, 0.6) is 0 Å². The van der Waals surface area contributed by atoms with E-state index in [9.17, 15) is 4.39 Å². The van der Waals surface area contributed by atoms with Crippen LogP contribution in [-0.4, -0.2) is 19.2 Å². The highest BCUT2D eigenvalue weighted by Crippen LogP contribution is 2.27. The van der Waals surface area contributed by atoms with Crippen molar-refractivity contribution in [1.82, 2.24) is 5.32 Å². The Hall–Kier alpha value is -0.930. The lowest BCUT2D eigenvalue weighted by atomic mass is 9.85. The normalized spacial score (nSPS) is 28.3. The summed E-state index contributed by atoms with van der Waals surface area (Å²) in [4.78, 5) is 0. The molecule has 3 atom stereocenters. The van der Waals surface area contributed by atoms with Gasteiger partial charge in [-0.25, -0.2) is 4.39 Å². The maximum atomic E-state index is 13.5. The van der Waals surface area contributed by atoms with E-state index < -0.39 is 0 Å². The quantitative estimate of drug-likeness (QED) is 0.887. The van der Waals surface area contributed by atoms with Crippen LogP contribution in [0, 0.1) is 11.7 Å². The molecule has 0 heterocycles. The van der Waals surface area contributed by atoms with E-state index in [1.54, 1.807) is 12.1 Å². The second-order valence-corrected chi connectivity index (χ2v) is 5.25. The van der Waals surface area contributed by atoms with Crippen LogP contribution in [0.25, 0.3) is 0 Å². The minimum absolute atomic E-state index is 0.178. The van der Waals surface area contributed by atoms with Gasteiger partial charge in [0.15, 0.2) is 0 Å². The zero-order valence-corrected chi connectivity index (χ0v) is 11.2. The second kappa shape index (κ2) is 6.30. The monoisotopic (exact) mass is 251 g/mol. The Kier molecular flexibility index (Phi) is 4.72. The Labute approximate surface area is 109 Å². The first kappa shape index (κ1) is 13.5. The number of rotatable bonds is 4. The van der Waals surface area contributed by atoms with E-state index >= 15 is 0 Å². The second-order valence-electron chi connectivity index (χ2n) is 5.25. The van der Waals surface area contributed by atoms with Gasteiger partial charge in [-0.1, -0.05) is 25.1 Å². The van der Waals surface area contributed by atoms with E-state index in [2.05, 4.69) is 12.2 Å². The number of nitrogens with one attached hydrogen (secondary N) is 1. The van der Waals surface area contributed by atoms with Gasteiger partial charge in [0.1, 0.15) is 5.82 Å². The lowest BCUT2D eigenvalue weighted by molar-refractivity contribution is -0.0167. The van der Waals surface area contributed by atoms with Gasteiger partial charge in [-0.3, -0.25) is 0 Å². The number of hydrogen-bond donors (Lipinski definition) is 1. The van der Waals surface area contributed by atoms with Gasteiger partial charge >= 0.3 is 0 Å². The molecule has 0 bridgehead atoms. The predicted molar refractivity (Wildman–Crippen MR) is 70.8 cm³/mol. The van der Waals surface area contributed by atoms with Crippen LogP contribution in [0.1, 0.15) is 31.7 Å². The number of ether oxygens (including phenoxy) is 1. The zero-order valence-electron chi connectivity index (χ0n) is 11.2. The standard InChI is InChI=1S/C15H22FNO/c1-11-7-8-14(17-2)15(9-11)18-10-12-5-3-4-6-13(12)16/h3-6,11,14-15,17H,7-10H2,1-2H3. The SMILES string of the molecule is CNC1CCC(C)CC1OCc1ccccc1F. The first-order valence-corrected chi connectivity index (χ1v) is 6.73. The fourth-order valence-electron chi connectivity index (χ4n) is 2.66. The van der Waals surface area contributed by atoms with Crippen LogP contribution in [-0.2, 0) is 11.3 Å². The van der Waals surface area contributed by atoms with E-state index in [0.29, 0.717) is 24.1 Å². The van der Waals surface area contributed by atoms with Crippen LogP contribution in [0.4, 0.5) is 4.39 Å². The molecular weight excluding hydrogens is 229 g/mol. The molecule has 2 rings (SSSR count). The molecule has 1 aromatic rings. The van der Waals surface area contributed by atoms with Crippen LogP contribution in [0.15, 0.2) is 24.3 Å². The van der Waals surface area contributed by atoms with Gasteiger partial charge < -0.3 is 10.1 Å². The molecule has 0 aliphatic heterocycles. The van der Waals surface area contributed by atoms with Gasteiger partial charge in [-0.2, -0.15) is 0 Å². The van der Waals surface area contributed by atoms with Crippen LogP contribution in [0.2, 0.25) is 0 Å². The predicted octanol–water partition coefficient (Wildman–Crippen LogP) is 3.12. The van der Waals surface area contributed by atoms with E-state index in [1.165, 1.54) is 12.5 Å². The van der Waals surface area contributed by atoms with Crippen molar-refractivity contribution < 1.29 is 9.13 Å². The summed E-state index contributed by atoms with van der Waals surface area (Å²) in [5, 5.41) is 3.31. The third-order valence-electron chi connectivity index (χ3n) is 3.84. The summed E-state index contributed by atoms with van der Waals surface area (Å²) in [7, 11) is 1.97. The minimum Gasteiger partial charge on any atom is -0.372 e. The van der Waals surface area contributed by atoms with Crippen LogP contribution in [0.3, 0.4) is 0 Å². The molecule has 0 aromatic heterocycles. The summed E-state index contributed by atoms with van der Waals surface area (Å²) < 4.78 is 19.4. The number of likely N-dealkylation sites (N-methyl/N-ethyl adjacent to an activating group) is 1. The Morgan fingerprint density at radius 1 is 1.33 bits per heavy atom. The fraction of sp³-hybridized carbons (Fsp3) is 0.600.